The van der Waals surface area contributed by atoms with Crippen LogP contribution in [0.2, 0.25) is 0 Å². The van der Waals surface area contributed by atoms with Crippen molar-refractivity contribution < 1.29 is 80.9 Å². The molecule has 18 heteroatoms. The summed E-state index contributed by atoms with van der Waals surface area (Å²) >= 11 is 3.49. The predicted molar refractivity (Wildman–Crippen MR) is 283 cm³/mol. The first-order valence-electron chi connectivity index (χ1n) is 24.9. The van der Waals surface area contributed by atoms with Gasteiger partial charge >= 0.3 is 41.8 Å². The third kappa shape index (κ3) is 14.0. The molecule has 2 fully saturated rings. The van der Waals surface area contributed by atoms with Crippen LogP contribution in [0.5, 0.6) is 0 Å². The molecular weight excluding hydrogens is 1080 g/mol. The number of halogens is 1. The van der Waals surface area contributed by atoms with Gasteiger partial charge in [0.1, 0.15) is 31.5 Å². The van der Waals surface area contributed by atoms with Gasteiger partial charge in [0, 0.05) is 0 Å². The highest BCUT2D eigenvalue weighted by molar-refractivity contribution is 9.09. The van der Waals surface area contributed by atoms with Gasteiger partial charge in [0.15, 0.2) is 41.8 Å². The molecule has 0 amide bonds. The maximum atomic E-state index is 14.5. The zero-order valence-electron chi connectivity index (χ0n) is 41.7. The Morgan fingerprint density at radius 3 is 0.886 bits per heavy atom. The summed E-state index contributed by atoms with van der Waals surface area (Å²) in [6.07, 6.45) is -15.7. The molecule has 0 N–H and O–H groups in total. The number of rotatable bonds is 18. The molecule has 402 valence electrons. The van der Waals surface area contributed by atoms with Crippen molar-refractivity contribution >= 4 is 57.7 Å². The number of hydrogen-bond donors (Lipinski definition) is 0. The topological polar surface area (TPSA) is 212 Å². The van der Waals surface area contributed by atoms with E-state index >= 15 is 0 Å². The van der Waals surface area contributed by atoms with E-state index in [1.165, 1.54) is 84.9 Å². The Kier molecular flexibility index (Phi) is 18.4. The van der Waals surface area contributed by atoms with Crippen LogP contribution in [0.25, 0.3) is 0 Å². The number of ether oxygens (including phenoxy) is 10. The van der Waals surface area contributed by atoms with Gasteiger partial charge in [0.2, 0.25) is 0 Å². The first-order chi connectivity index (χ1) is 38.5. The Morgan fingerprint density at radius 1 is 0.304 bits per heavy atom. The second kappa shape index (κ2) is 26.5. The van der Waals surface area contributed by atoms with Crippen molar-refractivity contribution in [1.82, 2.24) is 0 Å². The van der Waals surface area contributed by atoms with Crippen molar-refractivity contribution in [3.63, 3.8) is 0 Å². The van der Waals surface area contributed by atoms with Crippen molar-refractivity contribution in [2.45, 2.75) is 60.1 Å². The van der Waals surface area contributed by atoms with Crippen LogP contribution in [0, 0.1) is 0 Å². The van der Waals surface area contributed by atoms with Gasteiger partial charge in [-0.1, -0.05) is 143 Å². The Bertz CT molecular complexity index is 3170. The molecule has 10 atom stereocenters. The van der Waals surface area contributed by atoms with Crippen molar-refractivity contribution in [3.05, 3.63) is 251 Å². The number of benzene rings is 7. The van der Waals surface area contributed by atoms with Crippen LogP contribution < -0.4 is 0 Å². The van der Waals surface area contributed by atoms with E-state index in [0.29, 0.717) is 0 Å². The minimum Gasteiger partial charge on any atom is -0.459 e. The minimum atomic E-state index is -2.01. The minimum absolute atomic E-state index is 0.0162. The molecule has 2 aliphatic heterocycles. The lowest BCUT2D eigenvalue weighted by Gasteiger charge is -2.48. The maximum Gasteiger partial charge on any atom is 0.338 e. The highest BCUT2D eigenvalue weighted by Crippen LogP contribution is 2.38. The van der Waals surface area contributed by atoms with Crippen LogP contribution in [0.1, 0.15) is 72.5 Å². The molecule has 5 unspecified atom stereocenters. The molecule has 2 saturated heterocycles. The predicted octanol–water partition coefficient (Wildman–Crippen LogP) is 9.06. The summed E-state index contributed by atoms with van der Waals surface area (Å²) in [4.78, 5) is 98.9. The Hall–Kier alpha value is -8.81. The Morgan fingerprint density at radius 2 is 0.557 bits per heavy atom. The van der Waals surface area contributed by atoms with Gasteiger partial charge in [-0.25, -0.2) is 33.6 Å². The standard InChI is InChI=1S/C61H49BrO17/c62-53-51(77-59(68)43-32-18-6-19-33-43)49(75-57(66)41-28-14-4-15-29-41)48(45(72-53)36-70-54(63)38-22-8-1-9-23-38)79-61-52(78-60(69)44-34-20-7-21-35-44)50(76-58(67)42-30-16-5-17-31-42)47(74-56(65)40-26-12-3-13-27-40)46(73-61)37-71-55(64)39-24-10-2-11-25-39/h1-35,45-53,61H,36-37H2/t45-,46?,47-,48+,49?,50?,51?,52?,53-,61-/m0/s1. The quantitative estimate of drug-likeness (QED) is 0.0445. The number of hydrogen-bond acceptors (Lipinski definition) is 17. The lowest BCUT2D eigenvalue weighted by atomic mass is 9.96. The molecule has 0 bridgehead atoms. The van der Waals surface area contributed by atoms with E-state index in [2.05, 4.69) is 15.9 Å². The number of esters is 7. The highest BCUT2D eigenvalue weighted by Gasteiger charge is 2.58. The fraction of sp³-hybridized carbons (Fsp3) is 0.197. The van der Waals surface area contributed by atoms with Crippen molar-refractivity contribution in [2.24, 2.45) is 0 Å². The van der Waals surface area contributed by atoms with Crippen molar-refractivity contribution in [1.29, 1.82) is 0 Å². The summed E-state index contributed by atoms with van der Waals surface area (Å²) in [5.41, 5.74) is 0.594. The van der Waals surface area contributed by atoms with E-state index in [1.807, 2.05) is 0 Å². The molecule has 79 heavy (non-hydrogen) atoms. The lowest BCUT2D eigenvalue weighted by Crippen LogP contribution is -2.66. The number of carbonyl (C=O) groups is 7. The van der Waals surface area contributed by atoms with Crippen molar-refractivity contribution in [3.8, 4) is 0 Å². The van der Waals surface area contributed by atoms with Crippen LogP contribution in [0.15, 0.2) is 212 Å². The molecule has 2 aliphatic rings. The van der Waals surface area contributed by atoms with Crippen LogP contribution in [0.4, 0.5) is 0 Å². The van der Waals surface area contributed by atoms with Gasteiger partial charge in [-0.15, -0.1) is 0 Å². The smallest absolute Gasteiger partial charge is 0.338 e. The second-order valence-electron chi connectivity index (χ2n) is 17.8. The Labute approximate surface area is 461 Å². The van der Waals surface area contributed by atoms with Crippen LogP contribution in [-0.2, 0) is 47.4 Å². The molecule has 0 saturated carbocycles. The molecule has 0 aromatic heterocycles. The first kappa shape index (κ1) is 55.0. The molecule has 7 aromatic rings. The van der Waals surface area contributed by atoms with E-state index in [1.54, 1.807) is 127 Å². The number of alkyl halides is 1. The Balaban J connectivity index is 1.18. The molecule has 0 aliphatic carbocycles. The fourth-order valence-electron chi connectivity index (χ4n) is 8.56. The van der Waals surface area contributed by atoms with Crippen LogP contribution in [0.3, 0.4) is 0 Å². The summed E-state index contributed by atoms with van der Waals surface area (Å²) in [5, 5.41) is -1.31. The van der Waals surface area contributed by atoms with E-state index in [-0.39, 0.29) is 38.9 Å². The van der Waals surface area contributed by atoms with Gasteiger partial charge in [-0.2, -0.15) is 0 Å². The summed E-state index contributed by atoms with van der Waals surface area (Å²) in [5.74, 6) is -6.33. The largest absolute Gasteiger partial charge is 0.459 e. The van der Waals surface area contributed by atoms with Gasteiger partial charge in [-0.3, -0.25) is 0 Å². The average Bonchev–Trinajstić information content (AvgIpc) is 3.60. The zero-order chi connectivity index (χ0) is 55.1. The average molecular weight is 1130 g/mol. The van der Waals surface area contributed by atoms with Gasteiger partial charge in [-0.05, 0) is 84.9 Å². The third-order valence-corrected chi connectivity index (χ3v) is 13.2. The number of carbonyl (C=O) groups excluding carboxylic acids is 7. The lowest BCUT2D eigenvalue weighted by molar-refractivity contribution is -0.334. The summed E-state index contributed by atoms with van der Waals surface area (Å²) in [7, 11) is 0. The van der Waals surface area contributed by atoms with E-state index < -0.39 is 115 Å². The summed E-state index contributed by atoms with van der Waals surface area (Å²) in [6.45, 7) is -1.34. The van der Waals surface area contributed by atoms with Crippen LogP contribution in [-0.4, -0.2) is 115 Å². The van der Waals surface area contributed by atoms with Crippen molar-refractivity contribution in [2.75, 3.05) is 13.2 Å². The summed E-state index contributed by atoms with van der Waals surface area (Å²) < 4.78 is 63.0. The van der Waals surface area contributed by atoms with Gasteiger partial charge in [0.05, 0.1) is 38.9 Å². The molecule has 9 rings (SSSR count). The van der Waals surface area contributed by atoms with Gasteiger partial charge in [0.25, 0.3) is 0 Å². The van der Waals surface area contributed by atoms with Crippen LogP contribution >= 0.6 is 15.9 Å². The SMILES string of the molecule is O=C(OCC1O[C@@H](O[C@H]2C(OC(=O)c3ccccc3)C(OC(=O)c3ccccc3)[C@@H](Br)O[C@H]2COC(=O)c2ccccc2)C(OC(=O)c2ccccc2)C(OC(=O)c2ccccc2)[C@H]1OC(=O)c1ccccc1)c1ccccc1. The molecule has 0 spiro atoms. The normalized spacial score (nSPS) is 22.4. The van der Waals surface area contributed by atoms with E-state index in [9.17, 15) is 33.6 Å². The van der Waals surface area contributed by atoms with Gasteiger partial charge < -0.3 is 47.4 Å². The summed E-state index contributed by atoms with van der Waals surface area (Å²) in [6, 6.07) is 55.1. The van der Waals surface area contributed by atoms with E-state index in [4.69, 9.17) is 47.4 Å². The van der Waals surface area contributed by atoms with E-state index in [0.717, 1.165) is 0 Å². The fourth-order valence-corrected chi connectivity index (χ4v) is 9.25. The second-order valence-corrected chi connectivity index (χ2v) is 18.7. The maximum absolute atomic E-state index is 14.5. The highest BCUT2D eigenvalue weighted by atomic mass is 79.9. The molecule has 7 aromatic carbocycles. The molecule has 17 nitrogen and oxygen atoms in total. The molecule has 0 radical (unpaired) electrons. The first-order valence-corrected chi connectivity index (χ1v) is 25.8. The zero-order valence-corrected chi connectivity index (χ0v) is 43.3. The third-order valence-electron chi connectivity index (χ3n) is 12.5. The molecular formula is C61H49BrO17. The monoisotopic (exact) mass is 1130 g/mol. The molecule has 2 heterocycles.